The maximum Gasteiger partial charge on any atom is 0.146 e. The third kappa shape index (κ3) is 2.92. The van der Waals surface area contributed by atoms with E-state index in [2.05, 4.69) is 20.8 Å². The van der Waals surface area contributed by atoms with Crippen LogP contribution < -0.4 is 4.90 Å². The first-order valence-electron chi connectivity index (χ1n) is 5.48. The molecule has 1 fully saturated rings. The minimum absolute atomic E-state index is 0.0937. The standard InChI is InChI=1S/C12H15BrFNS/c13-9-10-2-3-12(11(14)8-10)15-4-1-6-16-7-5-15/h2-3,8H,1,4-7,9H2. The molecule has 0 atom stereocenters. The number of benzene rings is 1. The Hall–Kier alpha value is -0.220. The summed E-state index contributed by atoms with van der Waals surface area (Å²) in [5.74, 6) is 2.20. The van der Waals surface area contributed by atoms with Gasteiger partial charge in [-0.25, -0.2) is 4.39 Å². The molecule has 0 N–H and O–H groups in total. The molecule has 1 aromatic rings. The molecule has 0 spiro atoms. The summed E-state index contributed by atoms with van der Waals surface area (Å²) in [4.78, 5) is 2.16. The molecule has 0 unspecified atom stereocenters. The second kappa shape index (κ2) is 5.92. The fraction of sp³-hybridized carbons (Fsp3) is 0.500. The Morgan fingerprint density at radius 3 is 2.94 bits per heavy atom. The van der Waals surface area contributed by atoms with Gasteiger partial charge in [-0.05, 0) is 29.9 Å². The molecule has 1 aromatic carbocycles. The lowest BCUT2D eigenvalue weighted by molar-refractivity contribution is 0.617. The first-order valence-corrected chi connectivity index (χ1v) is 7.76. The Bertz CT molecular complexity index is 351. The largest absolute Gasteiger partial charge is 0.368 e. The summed E-state index contributed by atoms with van der Waals surface area (Å²) in [5, 5.41) is 0.708. The first-order chi connectivity index (χ1) is 7.81. The molecule has 1 heterocycles. The normalized spacial score (nSPS) is 17.2. The topological polar surface area (TPSA) is 3.24 Å². The van der Waals surface area contributed by atoms with E-state index < -0.39 is 0 Å². The Balaban J connectivity index is 2.18. The fourth-order valence-electron chi connectivity index (χ4n) is 1.88. The van der Waals surface area contributed by atoms with E-state index in [1.165, 1.54) is 5.75 Å². The van der Waals surface area contributed by atoms with Crippen molar-refractivity contribution in [1.29, 1.82) is 0 Å². The molecular formula is C12H15BrFNS. The van der Waals surface area contributed by atoms with Crippen molar-refractivity contribution in [1.82, 2.24) is 0 Å². The second-order valence-electron chi connectivity index (χ2n) is 3.87. The second-order valence-corrected chi connectivity index (χ2v) is 5.66. The Morgan fingerprint density at radius 2 is 2.19 bits per heavy atom. The molecule has 16 heavy (non-hydrogen) atoms. The number of nitrogens with zero attached hydrogens (tertiary/aromatic N) is 1. The molecule has 1 aliphatic heterocycles. The Kier molecular flexibility index (Phi) is 4.53. The maximum atomic E-state index is 13.9. The van der Waals surface area contributed by atoms with E-state index in [0.717, 1.165) is 36.5 Å². The SMILES string of the molecule is Fc1cc(CBr)ccc1N1CCCSCC1. The molecule has 4 heteroatoms. The van der Waals surface area contributed by atoms with Crippen molar-refractivity contribution in [3.05, 3.63) is 29.6 Å². The van der Waals surface area contributed by atoms with Crippen LogP contribution in [0, 0.1) is 5.82 Å². The number of rotatable bonds is 2. The third-order valence-electron chi connectivity index (χ3n) is 2.73. The van der Waals surface area contributed by atoms with Crippen LogP contribution in [0.5, 0.6) is 0 Å². The number of hydrogen-bond donors (Lipinski definition) is 0. The Morgan fingerprint density at radius 1 is 1.31 bits per heavy atom. The maximum absolute atomic E-state index is 13.9. The van der Waals surface area contributed by atoms with Gasteiger partial charge in [0.05, 0.1) is 5.69 Å². The van der Waals surface area contributed by atoms with Gasteiger partial charge in [0.15, 0.2) is 0 Å². The monoisotopic (exact) mass is 303 g/mol. The molecule has 0 amide bonds. The van der Waals surface area contributed by atoms with Crippen LogP contribution in [0.15, 0.2) is 18.2 Å². The van der Waals surface area contributed by atoms with Crippen LogP contribution in [0.1, 0.15) is 12.0 Å². The van der Waals surface area contributed by atoms with E-state index in [0.29, 0.717) is 5.33 Å². The van der Waals surface area contributed by atoms with E-state index in [-0.39, 0.29) is 5.82 Å². The van der Waals surface area contributed by atoms with Crippen molar-refractivity contribution in [3.63, 3.8) is 0 Å². The highest BCUT2D eigenvalue weighted by molar-refractivity contribution is 9.08. The van der Waals surface area contributed by atoms with E-state index in [4.69, 9.17) is 0 Å². The molecule has 88 valence electrons. The number of thioether (sulfide) groups is 1. The summed E-state index contributed by atoms with van der Waals surface area (Å²) in [5.41, 5.74) is 1.75. The van der Waals surface area contributed by atoms with Crippen LogP contribution >= 0.6 is 27.7 Å². The van der Waals surface area contributed by atoms with Crippen molar-refractivity contribution in [2.24, 2.45) is 0 Å². The first kappa shape index (κ1) is 12.2. The molecule has 2 rings (SSSR count). The van der Waals surface area contributed by atoms with Crippen molar-refractivity contribution in [3.8, 4) is 0 Å². The molecule has 1 nitrogen and oxygen atoms in total. The molecule has 0 aromatic heterocycles. The molecule has 0 bridgehead atoms. The molecule has 1 saturated heterocycles. The fourth-order valence-corrected chi connectivity index (χ4v) is 3.11. The van der Waals surface area contributed by atoms with Gasteiger partial charge in [0.1, 0.15) is 5.82 Å². The minimum atomic E-state index is -0.0937. The van der Waals surface area contributed by atoms with Crippen LogP contribution in [0.3, 0.4) is 0 Å². The predicted octanol–water partition coefficient (Wildman–Crippen LogP) is 3.66. The molecule has 0 radical (unpaired) electrons. The van der Waals surface area contributed by atoms with Crippen LogP contribution in [0.2, 0.25) is 0 Å². The van der Waals surface area contributed by atoms with Crippen molar-refractivity contribution >= 4 is 33.4 Å². The van der Waals surface area contributed by atoms with Crippen molar-refractivity contribution < 1.29 is 4.39 Å². The average molecular weight is 304 g/mol. The van der Waals surface area contributed by atoms with Crippen LogP contribution in [0.25, 0.3) is 0 Å². The molecule has 0 saturated carbocycles. The van der Waals surface area contributed by atoms with E-state index in [9.17, 15) is 4.39 Å². The summed E-state index contributed by atoms with van der Waals surface area (Å²) in [6.45, 7) is 1.92. The van der Waals surface area contributed by atoms with Gasteiger partial charge < -0.3 is 4.90 Å². The number of alkyl halides is 1. The lowest BCUT2D eigenvalue weighted by Crippen LogP contribution is -2.26. The van der Waals surface area contributed by atoms with Gasteiger partial charge in [-0.1, -0.05) is 22.0 Å². The van der Waals surface area contributed by atoms with E-state index >= 15 is 0 Å². The lowest BCUT2D eigenvalue weighted by atomic mass is 10.2. The number of hydrogen-bond acceptors (Lipinski definition) is 2. The van der Waals surface area contributed by atoms with Gasteiger partial charge in [0.2, 0.25) is 0 Å². The zero-order chi connectivity index (χ0) is 11.4. The summed E-state index contributed by atoms with van der Waals surface area (Å²) >= 11 is 5.30. The number of anilines is 1. The van der Waals surface area contributed by atoms with Crippen LogP contribution in [0.4, 0.5) is 10.1 Å². The predicted molar refractivity (Wildman–Crippen MR) is 73.2 cm³/mol. The van der Waals surface area contributed by atoms with Gasteiger partial charge in [-0.15, -0.1) is 0 Å². The zero-order valence-corrected chi connectivity index (χ0v) is 11.5. The Labute approximate surface area is 109 Å². The molecule has 0 aliphatic carbocycles. The van der Waals surface area contributed by atoms with Gasteiger partial charge in [0.25, 0.3) is 0 Å². The van der Waals surface area contributed by atoms with Crippen molar-refractivity contribution in [2.75, 3.05) is 29.5 Å². The molecular weight excluding hydrogens is 289 g/mol. The quantitative estimate of drug-likeness (QED) is 0.767. The van der Waals surface area contributed by atoms with Crippen LogP contribution in [-0.4, -0.2) is 24.6 Å². The highest BCUT2D eigenvalue weighted by atomic mass is 79.9. The lowest BCUT2D eigenvalue weighted by Gasteiger charge is -2.23. The molecule has 1 aliphatic rings. The highest BCUT2D eigenvalue weighted by Gasteiger charge is 2.13. The van der Waals surface area contributed by atoms with Gasteiger partial charge >= 0.3 is 0 Å². The minimum Gasteiger partial charge on any atom is -0.368 e. The highest BCUT2D eigenvalue weighted by Crippen LogP contribution is 2.24. The van der Waals surface area contributed by atoms with E-state index in [1.54, 1.807) is 6.07 Å². The summed E-state index contributed by atoms with van der Waals surface area (Å²) in [6.07, 6.45) is 1.14. The summed E-state index contributed by atoms with van der Waals surface area (Å²) < 4.78 is 13.9. The van der Waals surface area contributed by atoms with Gasteiger partial charge in [-0.2, -0.15) is 11.8 Å². The van der Waals surface area contributed by atoms with Gasteiger partial charge in [0, 0.05) is 24.2 Å². The summed E-state index contributed by atoms with van der Waals surface area (Å²) in [6, 6.07) is 5.52. The smallest absolute Gasteiger partial charge is 0.146 e. The van der Waals surface area contributed by atoms with Gasteiger partial charge in [-0.3, -0.25) is 0 Å². The third-order valence-corrected chi connectivity index (χ3v) is 4.43. The zero-order valence-electron chi connectivity index (χ0n) is 9.09. The summed E-state index contributed by atoms with van der Waals surface area (Å²) in [7, 11) is 0. The number of halogens is 2. The van der Waals surface area contributed by atoms with Crippen molar-refractivity contribution in [2.45, 2.75) is 11.8 Å². The van der Waals surface area contributed by atoms with E-state index in [1.807, 2.05) is 23.9 Å². The van der Waals surface area contributed by atoms with Crippen LogP contribution in [-0.2, 0) is 5.33 Å². The average Bonchev–Trinajstić information content (AvgIpc) is 2.57.